The van der Waals surface area contributed by atoms with Crippen molar-refractivity contribution in [3.63, 3.8) is 0 Å². The summed E-state index contributed by atoms with van der Waals surface area (Å²) in [6.45, 7) is 5.70. The fraction of sp³-hybridized carbons (Fsp3) is 0.273. The molecular weight excluding hydrogens is 873 g/mol. The number of fused-ring (bicyclic) bond motifs is 2. The van der Waals surface area contributed by atoms with Crippen LogP contribution >= 0.6 is 46.2 Å². The number of hydrogen-bond acceptors (Lipinski definition) is 20. The van der Waals surface area contributed by atoms with Gasteiger partial charge in [0.15, 0.2) is 28.3 Å². The number of thioether (sulfide) groups is 2. The monoisotopic (exact) mass is 902 g/mol. The maximum Gasteiger partial charge on any atom is 0.352 e. The minimum Gasteiger partial charge on any atom is -0.477 e. The number of thiazole rings is 2. The van der Waals surface area contributed by atoms with Crippen LogP contribution in [0.5, 0.6) is 0 Å². The van der Waals surface area contributed by atoms with Gasteiger partial charge in [0.05, 0.1) is 7.11 Å². The fourth-order valence-corrected chi connectivity index (χ4v) is 9.72. The maximum atomic E-state index is 13.5. The van der Waals surface area contributed by atoms with Gasteiger partial charge in [-0.15, -0.1) is 46.2 Å². The Morgan fingerprint density at radius 1 is 0.833 bits per heavy atom. The number of carbonyl (C=O) groups is 8. The molecule has 0 aliphatic carbocycles. The highest BCUT2D eigenvalue weighted by atomic mass is 32.2. The molecule has 2 aromatic heterocycles. The van der Waals surface area contributed by atoms with Crippen molar-refractivity contribution in [2.45, 2.75) is 22.8 Å². The smallest absolute Gasteiger partial charge is 0.352 e. The van der Waals surface area contributed by atoms with Crippen LogP contribution in [-0.2, 0) is 52.8 Å². The van der Waals surface area contributed by atoms with Crippen LogP contribution in [0.3, 0.4) is 0 Å². The zero-order valence-electron chi connectivity index (χ0n) is 30.6. The van der Waals surface area contributed by atoms with E-state index < -0.39 is 94.9 Å². The molecule has 0 unspecified atom stereocenters. The first kappa shape index (κ1) is 43.0. The minimum absolute atomic E-state index is 0.0434. The Labute approximate surface area is 353 Å². The van der Waals surface area contributed by atoms with Gasteiger partial charge in [0.2, 0.25) is 6.61 Å². The van der Waals surface area contributed by atoms with Gasteiger partial charge in [0.1, 0.15) is 45.6 Å². The number of carbonyl (C=O) groups excluding carboxylic acids is 6. The highest BCUT2D eigenvalue weighted by Gasteiger charge is 2.55. The third-order valence-corrected chi connectivity index (χ3v) is 12.6. The molecule has 2 fully saturated rings. The summed E-state index contributed by atoms with van der Waals surface area (Å²) in [5.74, 6) is -7.21. The lowest BCUT2D eigenvalue weighted by Gasteiger charge is -2.49. The standard InChI is InChI=1S/C33H30N10O13S4/c1-4-12-8-57-28-20(26(48)42(28)22(12)30(50)51)38-24(46)18(14-10-59-32(34)35-14)40-55-6-16(44)37-33-36-15(11-60-33)19(41-56-7-17(45)54-3)25(47)39-21-27(49)43-23(31(52)53)13(5-2)9-58-29(21)43/h4-5,10-11,20-21,28-29H,1-2,6-9H2,3H3,(H2,34,35)(H,38,46)(H,39,47)(H,50,51)(H,52,53)(H,36,37,44)/b40-18-,41-19-/t20-,21-,28-,29-/m1/s1. The quantitative estimate of drug-likeness (QED) is 0.0494. The van der Waals surface area contributed by atoms with Crippen LogP contribution in [0.4, 0.5) is 10.3 Å². The van der Waals surface area contributed by atoms with Crippen LogP contribution in [0, 0.1) is 0 Å². The average Bonchev–Trinajstić information content (AvgIpc) is 3.88. The predicted molar refractivity (Wildman–Crippen MR) is 214 cm³/mol. The average molecular weight is 903 g/mol. The Morgan fingerprint density at radius 3 is 1.77 bits per heavy atom. The summed E-state index contributed by atoms with van der Waals surface area (Å²) in [6, 6.07) is -2.30. The molecule has 4 aliphatic rings. The number of oxime groups is 2. The van der Waals surface area contributed by atoms with E-state index in [1.165, 1.54) is 46.4 Å². The molecule has 7 N–H and O–H groups in total. The molecule has 5 amide bonds. The number of methoxy groups -OCH3 is 1. The van der Waals surface area contributed by atoms with Crippen molar-refractivity contribution >= 4 is 115 Å². The molecule has 6 rings (SSSR count). The van der Waals surface area contributed by atoms with E-state index in [4.69, 9.17) is 15.4 Å². The lowest BCUT2D eigenvalue weighted by atomic mass is 10.0. The maximum absolute atomic E-state index is 13.5. The summed E-state index contributed by atoms with van der Waals surface area (Å²) < 4.78 is 4.51. The number of carboxylic acid groups (broad SMARTS) is 2. The van der Waals surface area contributed by atoms with E-state index in [1.807, 2.05) is 0 Å². The number of hydrogen-bond donors (Lipinski definition) is 6. The second-order valence-corrected chi connectivity index (χ2v) is 16.1. The van der Waals surface area contributed by atoms with E-state index in [2.05, 4.69) is 54.1 Å². The van der Waals surface area contributed by atoms with Crippen LogP contribution in [0.1, 0.15) is 11.4 Å². The molecule has 0 aromatic carbocycles. The zero-order chi connectivity index (χ0) is 43.4. The summed E-state index contributed by atoms with van der Waals surface area (Å²) in [5.41, 5.74) is 4.78. The second kappa shape index (κ2) is 18.1. The summed E-state index contributed by atoms with van der Waals surface area (Å²) >= 11 is 4.22. The summed E-state index contributed by atoms with van der Waals surface area (Å²) in [6.07, 6.45) is 2.69. The first-order valence-electron chi connectivity index (χ1n) is 16.8. The largest absolute Gasteiger partial charge is 0.477 e. The number of nitrogens with zero attached hydrogens (tertiary/aromatic N) is 6. The van der Waals surface area contributed by atoms with Gasteiger partial charge in [-0.25, -0.2) is 24.4 Å². The van der Waals surface area contributed by atoms with E-state index in [-0.39, 0.29) is 44.6 Å². The Morgan fingerprint density at radius 2 is 1.32 bits per heavy atom. The molecule has 0 saturated carbocycles. The molecule has 314 valence electrons. The summed E-state index contributed by atoms with van der Waals surface area (Å²) in [7, 11) is 1.10. The van der Waals surface area contributed by atoms with Gasteiger partial charge < -0.3 is 41.0 Å². The molecule has 6 heterocycles. The molecule has 4 atom stereocenters. The third-order valence-electron chi connectivity index (χ3n) is 8.57. The van der Waals surface area contributed by atoms with Crippen LogP contribution in [0.15, 0.2) is 68.9 Å². The zero-order valence-corrected chi connectivity index (χ0v) is 33.9. The summed E-state index contributed by atoms with van der Waals surface area (Å²) in [4.78, 5) is 122. The van der Waals surface area contributed by atoms with Crippen LogP contribution in [0.25, 0.3) is 0 Å². The third kappa shape index (κ3) is 8.58. The Bertz CT molecular complexity index is 2350. The molecule has 27 heteroatoms. The van der Waals surface area contributed by atoms with Gasteiger partial charge in [-0.1, -0.05) is 35.6 Å². The van der Waals surface area contributed by atoms with Crippen LogP contribution < -0.4 is 21.7 Å². The number of rotatable bonds is 17. The van der Waals surface area contributed by atoms with Crippen molar-refractivity contribution in [2.24, 2.45) is 10.3 Å². The van der Waals surface area contributed by atoms with E-state index in [0.29, 0.717) is 11.1 Å². The number of ether oxygens (including phenoxy) is 1. The fourth-order valence-electron chi connectivity index (χ4n) is 5.78. The highest BCUT2D eigenvalue weighted by Crippen LogP contribution is 2.42. The minimum atomic E-state index is -1.34. The number of aromatic nitrogens is 2. The first-order chi connectivity index (χ1) is 28.7. The number of β-lactam (4-membered cyclic amide) rings is 2. The van der Waals surface area contributed by atoms with Gasteiger partial charge in [-0.05, 0) is 11.1 Å². The van der Waals surface area contributed by atoms with Gasteiger partial charge in [-0.3, -0.25) is 39.1 Å². The second-order valence-electron chi connectivity index (χ2n) is 12.1. The van der Waals surface area contributed by atoms with Gasteiger partial charge in [-0.2, -0.15) is 0 Å². The van der Waals surface area contributed by atoms with E-state index in [0.717, 1.165) is 39.6 Å². The number of nitrogen functional groups attached to an aromatic ring is 1. The van der Waals surface area contributed by atoms with Gasteiger partial charge in [0, 0.05) is 22.3 Å². The topological polar surface area (TPSA) is 324 Å². The van der Waals surface area contributed by atoms with Crippen molar-refractivity contribution in [3.05, 3.63) is 70.0 Å². The molecule has 0 bridgehead atoms. The number of allylic oxidation sites excluding steroid dienone is 2. The molecule has 0 spiro atoms. The van der Waals surface area contributed by atoms with Gasteiger partial charge in [0.25, 0.3) is 29.5 Å². The van der Waals surface area contributed by atoms with Crippen molar-refractivity contribution in [3.8, 4) is 0 Å². The lowest BCUT2D eigenvalue weighted by Crippen LogP contribution is -2.71. The van der Waals surface area contributed by atoms with Crippen LogP contribution in [0.2, 0.25) is 0 Å². The molecule has 4 aliphatic heterocycles. The molecule has 60 heavy (non-hydrogen) atoms. The first-order valence-corrected chi connectivity index (χ1v) is 20.7. The van der Waals surface area contributed by atoms with Crippen molar-refractivity contribution in [1.29, 1.82) is 0 Å². The van der Waals surface area contributed by atoms with E-state index in [1.54, 1.807) is 0 Å². The predicted octanol–water partition coefficient (Wildman–Crippen LogP) is -0.716. The molecule has 0 radical (unpaired) electrons. The Kier molecular flexibility index (Phi) is 13.0. The molecule has 2 aromatic rings. The van der Waals surface area contributed by atoms with Crippen molar-refractivity contribution < 1.29 is 63.0 Å². The highest BCUT2D eigenvalue weighted by molar-refractivity contribution is 8.00. The number of esters is 1. The molecule has 2 saturated heterocycles. The number of aliphatic carboxylic acids is 2. The van der Waals surface area contributed by atoms with Crippen LogP contribution in [-0.4, -0.2) is 144 Å². The lowest BCUT2D eigenvalue weighted by molar-refractivity contribution is -0.150. The Hall–Kier alpha value is -6.58. The number of nitrogens with two attached hydrogens (primary N) is 1. The van der Waals surface area contributed by atoms with Crippen molar-refractivity contribution in [1.82, 2.24) is 30.4 Å². The Balaban J connectivity index is 1.11. The summed E-state index contributed by atoms with van der Waals surface area (Å²) in [5, 5.41) is 35.5. The van der Waals surface area contributed by atoms with E-state index >= 15 is 0 Å². The SMILES string of the molecule is C=CC1=C(C(=O)O)N2C(=O)[C@@H](NC(=O)/C(=N\OCC(=O)Nc3nc(/C(=N/OCC(=O)OC)C(=O)N[C@@H]4C(=O)N5C(C(=O)O)=C(C=C)CS[C@H]45)cs3)c3csc(N)n3)[C@H]2SC1. The molecular formula is C33H30N10O13S4. The normalized spacial score (nSPS) is 21.1. The number of nitrogens with one attached hydrogen (secondary N) is 3. The number of amides is 5. The number of anilines is 2. The van der Waals surface area contributed by atoms with E-state index in [9.17, 15) is 48.6 Å². The number of carboxylic acids is 2. The molecule has 23 nitrogen and oxygen atoms in total. The van der Waals surface area contributed by atoms with Gasteiger partial charge >= 0.3 is 17.9 Å². The van der Waals surface area contributed by atoms with Crippen molar-refractivity contribution in [2.75, 3.05) is 42.9 Å².